The van der Waals surface area contributed by atoms with Gasteiger partial charge in [0.2, 0.25) is 0 Å². The van der Waals surface area contributed by atoms with E-state index in [1.807, 2.05) is 52.8 Å². The average Bonchev–Trinajstić information content (AvgIpc) is 3.28. The summed E-state index contributed by atoms with van der Waals surface area (Å²) in [6.45, 7) is 9.88. The molecule has 0 bridgehead atoms. The molecule has 1 unspecified atom stereocenters. The smallest absolute Gasteiger partial charge is 0.307 e. The fraction of sp³-hybridized carbons (Fsp3) is 0.276. The van der Waals surface area contributed by atoms with Crippen LogP contribution in [0.5, 0.6) is 0 Å². The summed E-state index contributed by atoms with van der Waals surface area (Å²) in [5, 5.41) is 4.30. The molecule has 1 atom stereocenters. The van der Waals surface area contributed by atoms with Crippen molar-refractivity contribution in [2.45, 2.75) is 58.0 Å². The number of nitrogens with zero attached hydrogens (tertiary/aromatic N) is 3. The SMILES string of the molecule is Cc1ccc(S(=O)(=O)n2cc(C(C)C)c3cc(Cc4c(C)cc(N5NC(N)C(=O)NC5=O)cc4C)ncc32)cc1. The molecule has 0 aliphatic carbocycles. The predicted molar refractivity (Wildman–Crippen MR) is 153 cm³/mol. The molecule has 3 amide bonds. The minimum atomic E-state index is -3.80. The molecular formula is C29H32N6O4S. The van der Waals surface area contributed by atoms with Crippen molar-refractivity contribution in [1.82, 2.24) is 19.7 Å². The molecule has 1 saturated heterocycles. The van der Waals surface area contributed by atoms with E-state index in [1.54, 1.807) is 36.7 Å². The third-order valence-electron chi connectivity index (χ3n) is 7.22. The molecular weight excluding hydrogens is 528 g/mol. The Kier molecular flexibility index (Phi) is 6.99. The number of rotatable bonds is 6. The van der Waals surface area contributed by atoms with Crippen LogP contribution < -0.4 is 21.5 Å². The van der Waals surface area contributed by atoms with Crippen LogP contribution in [0.1, 0.15) is 53.3 Å². The van der Waals surface area contributed by atoms with E-state index in [1.165, 1.54) is 8.98 Å². The number of carbonyl (C=O) groups excluding carboxylic acids is 2. The summed E-state index contributed by atoms with van der Waals surface area (Å²) < 4.78 is 28.4. The number of anilines is 1. The molecule has 10 nitrogen and oxygen atoms in total. The van der Waals surface area contributed by atoms with Crippen LogP contribution in [0.25, 0.3) is 10.9 Å². The van der Waals surface area contributed by atoms with Gasteiger partial charge in [-0.3, -0.25) is 15.1 Å². The van der Waals surface area contributed by atoms with Gasteiger partial charge in [-0.05, 0) is 79.3 Å². The van der Waals surface area contributed by atoms with Crippen LogP contribution in [0.3, 0.4) is 0 Å². The van der Waals surface area contributed by atoms with Crippen molar-refractivity contribution < 1.29 is 18.0 Å². The summed E-state index contributed by atoms with van der Waals surface area (Å²) in [6.07, 6.45) is 2.81. The summed E-state index contributed by atoms with van der Waals surface area (Å²) in [5.41, 5.74) is 15.2. The zero-order valence-corrected chi connectivity index (χ0v) is 23.8. The number of fused-ring (bicyclic) bond motifs is 1. The van der Waals surface area contributed by atoms with Gasteiger partial charge >= 0.3 is 6.03 Å². The van der Waals surface area contributed by atoms with Crippen LogP contribution in [0.15, 0.2) is 59.8 Å². The number of hydrazine groups is 1. The first-order chi connectivity index (χ1) is 18.9. The van der Waals surface area contributed by atoms with Crippen LogP contribution >= 0.6 is 0 Å². The number of hydrogen-bond acceptors (Lipinski definition) is 7. The zero-order chi connectivity index (χ0) is 28.9. The maximum Gasteiger partial charge on any atom is 0.343 e. The van der Waals surface area contributed by atoms with Gasteiger partial charge in [-0.2, -0.15) is 5.43 Å². The molecule has 40 heavy (non-hydrogen) atoms. The Hall–Kier alpha value is -4.06. The molecule has 4 N–H and O–H groups in total. The second-order valence-corrected chi connectivity index (χ2v) is 12.3. The number of aromatic nitrogens is 2. The molecule has 0 radical (unpaired) electrons. The highest BCUT2D eigenvalue weighted by atomic mass is 32.2. The van der Waals surface area contributed by atoms with Crippen LogP contribution in [0.4, 0.5) is 10.5 Å². The Balaban J connectivity index is 1.51. The molecule has 0 spiro atoms. The molecule has 11 heteroatoms. The molecule has 1 aliphatic heterocycles. The lowest BCUT2D eigenvalue weighted by Crippen LogP contribution is -2.67. The van der Waals surface area contributed by atoms with Crippen molar-refractivity contribution in [3.05, 3.63) is 88.4 Å². The highest BCUT2D eigenvalue weighted by Gasteiger charge is 2.30. The van der Waals surface area contributed by atoms with Gasteiger partial charge < -0.3 is 5.73 Å². The highest BCUT2D eigenvalue weighted by molar-refractivity contribution is 7.90. The zero-order valence-electron chi connectivity index (χ0n) is 23.0. The number of amides is 3. The van der Waals surface area contributed by atoms with Crippen LogP contribution in [0.2, 0.25) is 0 Å². The molecule has 208 valence electrons. The standard InChI is InChI=1S/C29H32N6O4S/c1-16(2)25-15-34(40(38,39)22-8-6-17(3)7-9-22)26-14-31-20(13-24(25)26)12-23-18(4)10-21(11-19(23)5)35-29(37)32-28(36)27(30)33-35/h6-11,13-16,27,33H,12,30H2,1-5H3,(H,32,36,37). The van der Waals surface area contributed by atoms with Gasteiger partial charge in [-0.15, -0.1) is 0 Å². The van der Waals surface area contributed by atoms with Crippen molar-refractivity contribution in [1.29, 1.82) is 0 Å². The Morgan fingerprint density at radius 1 is 1.02 bits per heavy atom. The van der Waals surface area contributed by atoms with Gasteiger partial charge in [-0.25, -0.2) is 22.2 Å². The first-order valence-electron chi connectivity index (χ1n) is 13.0. The topological polar surface area (TPSA) is 139 Å². The van der Waals surface area contributed by atoms with Crippen molar-refractivity contribution in [2.24, 2.45) is 5.73 Å². The number of pyridine rings is 1. The maximum absolute atomic E-state index is 13.6. The molecule has 2 aromatic carbocycles. The third kappa shape index (κ3) is 4.87. The van der Waals surface area contributed by atoms with Crippen molar-refractivity contribution in [2.75, 3.05) is 5.01 Å². The van der Waals surface area contributed by atoms with Crippen LogP contribution in [-0.2, 0) is 21.2 Å². The van der Waals surface area contributed by atoms with Gasteiger partial charge in [-0.1, -0.05) is 31.5 Å². The van der Waals surface area contributed by atoms with E-state index in [0.717, 1.165) is 38.9 Å². The molecule has 3 heterocycles. The lowest BCUT2D eigenvalue weighted by atomic mass is 9.96. The molecule has 5 rings (SSSR count). The van der Waals surface area contributed by atoms with Crippen LogP contribution in [0, 0.1) is 20.8 Å². The van der Waals surface area contributed by atoms with E-state index in [4.69, 9.17) is 5.73 Å². The highest BCUT2D eigenvalue weighted by Crippen LogP contribution is 2.32. The largest absolute Gasteiger partial charge is 0.343 e. The normalized spacial score (nSPS) is 16.2. The summed E-state index contributed by atoms with van der Waals surface area (Å²) in [4.78, 5) is 28.9. The maximum atomic E-state index is 13.6. The Morgan fingerprint density at radius 3 is 2.30 bits per heavy atom. The van der Waals surface area contributed by atoms with Crippen molar-refractivity contribution in [3.8, 4) is 0 Å². The summed E-state index contributed by atoms with van der Waals surface area (Å²) in [7, 11) is -3.80. The van der Waals surface area contributed by atoms with E-state index in [-0.39, 0.29) is 10.8 Å². The Morgan fingerprint density at radius 2 is 1.68 bits per heavy atom. The Bertz CT molecular complexity index is 1740. The van der Waals surface area contributed by atoms with Crippen molar-refractivity contribution in [3.63, 3.8) is 0 Å². The van der Waals surface area contributed by atoms with E-state index in [2.05, 4.69) is 15.7 Å². The van der Waals surface area contributed by atoms with Crippen LogP contribution in [-0.4, -0.2) is 35.5 Å². The second-order valence-electron chi connectivity index (χ2n) is 10.5. The first kappa shape index (κ1) is 27.5. The number of nitrogens with one attached hydrogen (secondary N) is 2. The third-order valence-corrected chi connectivity index (χ3v) is 8.91. The van der Waals surface area contributed by atoms with E-state index in [9.17, 15) is 18.0 Å². The second kappa shape index (κ2) is 10.2. The van der Waals surface area contributed by atoms with E-state index < -0.39 is 28.1 Å². The Labute approximate surface area is 233 Å². The number of imide groups is 1. The van der Waals surface area contributed by atoms with Crippen molar-refractivity contribution >= 4 is 38.6 Å². The summed E-state index contributed by atoms with van der Waals surface area (Å²) in [6, 6.07) is 11.9. The molecule has 2 aromatic heterocycles. The lowest BCUT2D eigenvalue weighted by molar-refractivity contribution is -0.122. The van der Waals surface area contributed by atoms with Gasteiger partial charge in [0.25, 0.3) is 15.9 Å². The van der Waals surface area contributed by atoms with Gasteiger partial charge in [0.05, 0.1) is 22.3 Å². The number of aryl methyl sites for hydroxylation is 3. The van der Waals surface area contributed by atoms with Gasteiger partial charge in [0.15, 0.2) is 6.17 Å². The number of urea groups is 1. The van der Waals surface area contributed by atoms with E-state index >= 15 is 0 Å². The van der Waals surface area contributed by atoms with E-state index in [0.29, 0.717) is 17.6 Å². The lowest BCUT2D eigenvalue weighted by Gasteiger charge is -2.31. The number of nitrogens with two attached hydrogens (primary N) is 1. The molecule has 1 aliphatic rings. The predicted octanol–water partition coefficient (Wildman–Crippen LogP) is 3.76. The van der Waals surface area contributed by atoms with Gasteiger partial charge in [0.1, 0.15) is 0 Å². The number of hydrogen-bond donors (Lipinski definition) is 3. The molecule has 1 fully saturated rings. The quantitative estimate of drug-likeness (QED) is 0.326. The van der Waals surface area contributed by atoms with Gasteiger partial charge in [0, 0.05) is 23.7 Å². The first-order valence-corrected chi connectivity index (χ1v) is 14.4. The molecule has 0 saturated carbocycles. The number of carbonyl (C=O) groups is 2. The summed E-state index contributed by atoms with van der Waals surface area (Å²) in [5.74, 6) is -0.495. The minimum absolute atomic E-state index is 0.0939. The monoisotopic (exact) mass is 560 g/mol. The fourth-order valence-electron chi connectivity index (χ4n) is 4.99. The average molecular weight is 561 g/mol. The fourth-order valence-corrected chi connectivity index (χ4v) is 6.35. The summed E-state index contributed by atoms with van der Waals surface area (Å²) >= 11 is 0. The molecule has 4 aromatic rings. The number of benzene rings is 2. The minimum Gasteiger partial charge on any atom is -0.307 e.